The van der Waals surface area contributed by atoms with Crippen LogP contribution < -0.4 is 21.7 Å². The lowest BCUT2D eigenvalue weighted by Crippen LogP contribution is -2.36. The van der Waals surface area contributed by atoms with Gasteiger partial charge in [0.2, 0.25) is 10.9 Å². The summed E-state index contributed by atoms with van der Waals surface area (Å²) in [4.78, 5) is 15.4. The Morgan fingerprint density at radius 2 is 2.30 bits per heavy atom. The molecule has 20 heavy (non-hydrogen) atoms. The molecule has 0 aliphatic heterocycles. The fourth-order valence-corrected chi connectivity index (χ4v) is 4.04. The second-order valence-corrected chi connectivity index (χ2v) is 6.66. The van der Waals surface area contributed by atoms with Gasteiger partial charge < -0.3 is 11.2 Å². The van der Waals surface area contributed by atoms with Gasteiger partial charge in [-0.05, 0) is 6.92 Å². The molecule has 2 heterocycles. The monoisotopic (exact) mass is 318 g/mol. The highest BCUT2D eigenvalue weighted by atomic mass is 32.2. The molecule has 0 saturated heterocycles. The van der Waals surface area contributed by atoms with E-state index in [1.165, 1.54) is 15.7 Å². The van der Waals surface area contributed by atoms with Crippen molar-refractivity contribution in [2.75, 3.05) is 5.43 Å². The average molecular weight is 318 g/mol. The largest absolute Gasteiger partial charge is 0.370 e. The van der Waals surface area contributed by atoms with Gasteiger partial charge in [0.25, 0.3) is 10.0 Å². The van der Waals surface area contributed by atoms with Crippen LogP contribution in [-0.4, -0.2) is 29.8 Å². The zero-order valence-corrected chi connectivity index (χ0v) is 12.2. The van der Waals surface area contributed by atoms with Crippen molar-refractivity contribution in [2.45, 2.75) is 24.4 Å². The van der Waals surface area contributed by atoms with Gasteiger partial charge in [-0.25, -0.2) is 19.0 Å². The molecule has 0 spiro atoms. The highest BCUT2D eigenvalue weighted by molar-refractivity contribution is 7.89. The number of carbonyl (C=O) groups is 1. The van der Waals surface area contributed by atoms with Gasteiger partial charge in [-0.3, -0.25) is 9.20 Å². The molecular weight excluding hydrogens is 304 g/mol. The van der Waals surface area contributed by atoms with Crippen molar-refractivity contribution in [1.29, 1.82) is 0 Å². The van der Waals surface area contributed by atoms with E-state index in [0.29, 0.717) is 4.96 Å². The Hall–Kier alpha value is -1.69. The molecule has 1 amide bonds. The number of rotatable bonds is 6. The summed E-state index contributed by atoms with van der Waals surface area (Å²) in [5.41, 5.74) is 7.29. The standard InChI is InChI=1S/C9H14N6O3S2/c1-5(4-6(10)16)14-20(17,18)8-7(13-11)12-9-15(8)2-3-19-9/h2-3,5,13-14H,4,11H2,1H3,(H2,10,16). The normalized spacial score (nSPS) is 13.5. The lowest BCUT2D eigenvalue weighted by molar-refractivity contribution is -0.118. The van der Waals surface area contributed by atoms with Gasteiger partial charge in [-0.2, -0.15) is 4.98 Å². The second-order valence-electron chi connectivity index (χ2n) is 4.16. The topological polar surface area (TPSA) is 145 Å². The molecule has 11 heteroatoms. The van der Waals surface area contributed by atoms with Crippen molar-refractivity contribution in [3.05, 3.63) is 11.6 Å². The number of nitrogens with two attached hydrogens (primary N) is 2. The number of hydrazine groups is 1. The third kappa shape index (κ3) is 2.75. The Morgan fingerprint density at radius 1 is 1.60 bits per heavy atom. The van der Waals surface area contributed by atoms with Gasteiger partial charge in [-0.15, -0.1) is 11.3 Å². The van der Waals surface area contributed by atoms with E-state index in [-0.39, 0.29) is 17.3 Å². The molecule has 0 fully saturated rings. The number of imidazole rings is 1. The van der Waals surface area contributed by atoms with Crippen LogP contribution in [0.1, 0.15) is 13.3 Å². The Morgan fingerprint density at radius 3 is 2.90 bits per heavy atom. The van der Waals surface area contributed by atoms with Gasteiger partial charge in [0.1, 0.15) is 0 Å². The lowest BCUT2D eigenvalue weighted by atomic mass is 10.2. The molecule has 0 aromatic carbocycles. The molecule has 0 aliphatic carbocycles. The molecule has 0 saturated carbocycles. The van der Waals surface area contributed by atoms with Crippen LogP contribution in [0, 0.1) is 0 Å². The quantitative estimate of drug-likeness (QED) is 0.406. The predicted octanol–water partition coefficient (Wildman–Crippen LogP) is -0.776. The maximum atomic E-state index is 12.4. The van der Waals surface area contributed by atoms with Gasteiger partial charge in [0, 0.05) is 24.0 Å². The van der Waals surface area contributed by atoms with Crippen LogP contribution in [0.4, 0.5) is 5.82 Å². The second kappa shape index (κ2) is 5.36. The number of hydrogen-bond acceptors (Lipinski definition) is 7. The maximum Gasteiger partial charge on any atom is 0.260 e. The van der Waals surface area contributed by atoms with Crippen LogP contribution in [-0.2, 0) is 14.8 Å². The fourth-order valence-electron chi connectivity index (χ4n) is 1.78. The third-order valence-electron chi connectivity index (χ3n) is 2.47. The first-order valence-corrected chi connectivity index (χ1v) is 7.94. The first kappa shape index (κ1) is 14.7. The Balaban J connectivity index is 2.40. The molecule has 0 bridgehead atoms. The number of nitrogens with zero attached hydrogens (tertiary/aromatic N) is 2. The first-order chi connectivity index (χ1) is 9.35. The summed E-state index contributed by atoms with van der Waals surface area (Å²) in [6.45, 7) is 1.55. The highest BCUT2D eigenvalue weighted by Gasteiger charge is 2.27. The van der Waals surface area contributed by atoms with Crippen LogP contribution in [0.3, 0.4) is 0 Å². The summed E-state index contributed by atoms with van der Waals surface area (Å²) < 4.78 is 28.5. The molecule has 1 unspecified atom stereocenters. The third-order valence-corrected chi connectivity index (χ3v) is 4.84. The van der Waals surface area contributed by atoms with E-state index < -0.39 is 22.0 Å². The molecule has 2 aromatic heterocycles. The highest BCUT2D eigenvalue weighted by Crippen LogP contribution is 2.25. The van der Waals surface area contributed by atoms with Crippen LogP contribution in [0.5, 0.6) is 0 Å². The zero-order valence-electron chi connectivity index (χ0n) is 10.5. The molecule has 2 rings (SSSR count). The van der Waals surface area contributed by atoms with E-state index in [4.69, 9.17) is 11.6 Å². The average Bonchev–Trinajstić information content (AvgIpc) is 2.84. The summed E-state index contributed by atoms with van der Waals surface area (Å²) in [7, 11) is -3.89. The number of anilines is 1. The molecule has 2 aromatic rings. The van der Waals surface area contributed by atoms with E-state index in [0.717, 1.165) is 0 Å². The minimum atomic E-state index is -3.89. The van der Waals surface area contributed by atoms with E-state index in [1.807, 2.05) is 0 Å². The Kier molecular flexibility index (Phi) is 3.94. The van der Waals surface area contributed by atoms with E-state index in [9.17, 15) is 13.2 Å². The number of nitrogens with one attached hydrogen (secondary N) is 2. The summed E-state index contributed by atoms with van der Waals surface area (Å²) in [6, 6.07) is -0.632. The molecule has 0 aliphatic rings. The number of sulfonamides is 1. The smallest absolute Gasteiger partial charge is 0.260 e. The van der Waals surface area contributed by atoms with Crippen molar-refractivity contribution in [3.63, 3.8) is 0 Å². The van der Waals surface area contributed by atoms with Crippen molar-refractivity contribution in [3.8, 4) is 0 Å². The summed E-state index contributed by atoms with van der Waals surface area (Å²) >= 11 is 1.27. The zero-order chi connectivity index (χ0) is 14.9. The number of amides is 1. The van der Waals surface area contributed by atoms with Crippen molar-refractivity contribution >= 4 is 38.0 Å². The first-order valence-electron chi connectivity index (χ1n) is 5.58. The minimum absolute atomic E-state index is 0.0376. The number of fused-ring (bicyclic) bond motifs is 1. The fraction of sp³-hybridized carbons (Fsp3) is 0.333. The summed E-state index contributed by atoms with van der Waals surface area (Å²) in [6.07, 6.45) is 1.47. The van der Waals surface area contributed by atoms with Crippen LogP contribution in [0.2, 0.25) is 0 Å². The van der Waals surface area contributed by atoms with Gasteiger partial charge in [0.15, 0.2) is 10.8 Å². The van der Waals surface area contributed by atoms with Crippen molar-refractivity contribution in [2.24, 2.45) is 11.6 Å². The molecule has 1 atom stereocenters. The van der Waals surface area contributed by atoms with Gasteiger partial charge in [0.05, 0.1) is 0 Å². The van der Waals surface area contributed by atoms with Crippen LogP contribution in [0.15, 0.2) is 16.6 Å². The van der Waals surface area contributed by atoms with E-state index in [1.54, 1.807) is 18.5 Å². The lowest BCUT2D eigenvalue weighted by Gasteiger charge is -2.12. The predicted molar refractivity (Wildman–Crippen MR) is 74.5 cm³/mol. The number of aromatic nitrogens is 2. The molecular formula is C9H14N6O3S2. The Bertz CT molecular complexity index is 734. The molecule has 0 radical (unpaired) electrons. The minimum Gasteiger partial charge on any atom is -0.370 e. The van der Waals surface area contributed by atoms with Crippen molar-refractivity contribution in [1.82, 2.24) is 14.1 Å². The number of hydrogen-bond donors (Lipinski definition) is 4. The summed E-state index contributed by atoms with van der Waals surface area (Å²) in [5, 5.41) is 1.60. The SMILES string of the molecule is CC(CC(N)=O)NS(=O)(=O)c1c(NN)nc2sccn12. The van der Waals surface area contributed by atoms with E-state index in [2.05, 4.69) is 15.1 Å². The van der Waals surface area contributed by atoms with E-state index >= 15 is 0 Å². The van der Waals surface area contributed by atoms with Crippen LogP contribution in [0.25, 0.3) is 4.96 Å². The van der Waals surface area contributed by atoms with Crippen LogP contribution >= 0.6 is 11.3 Å². The Labute approximate surface area is 119 Å². The molecule has 6 N–H and O–H groups in total. The number of nitrogen functional groups attached to an aromatic ring is 1. The maximum absolute atomic E-state index is 12.4. The van der Waals surface area contributed by atoms with Crippen molar-refractivity contribution < 1.29 is 13.2 Å². The molecule has 9 nitrogen and oxygen atoms in total. The number of primary amides is 1. The van der Waals surface area contributed by atoms with Gasteiger partial charge in [-0.1, -0.05) is 0 Å². The van der Waals surface area contributed by atoms with Gasteiger partial charge >= 0.3 is 0 Å². The summed E-state index contributed by atoms with van der Waals surface area (Å²) in [5.74, 6) is 4.74. The number of thiazole rings is 1. The number of carbonyl (C=O) groups excluding carboxylic acids is 1. The molecule has 110 valence electrons.